The van der Waals surface area contributed by atoms with E-state index in [1.807, 2.05) is 29.2 Å². The van der Waals surface area contributed by atoms with E-state index in [2.05, 4.69) is 36.7 Å². The average Bonchev–Trinajstić information content (AvgIpc) is 2.71. The van der Waals surface area contributed by atoms with Crippen molar-refractivity contribution in [3.05, 3.63) is 53.7 Å². The summed E-state index contributed by atoms with van der Waals surface area (Å²) in [5.74, 6) is 1.42. The third-order valence-corrected chi connectivity index (χ3v) is 4.89. The number of pyridine rings is 1. The first-order valence-electron chi connectivity index (χ1n) is 9.50. The summed E-state index contributed by atoms with van der Waals surface area (Å²) in [6.07, 6.45) is 1.69. The number of aromatic nitrogens is 1. The minimum absolute atomic E-state index is 0.0233. The molecule has 0 aliphatic carbocycles. The molecule has 28 heavy (non-hydrogen) atoms. The van der Waals surface area contributed by atoms with Crippen LogP contribution in [0.1, 0.15) is 31.9 Å². The van der Waals surface area contributed by atoms with Gasteiger partial charge in [0.15, 0.2) is 6.61 Å². The maximum absolute atomic E-state index is 12.6. The highest BCUT2D eigenvalue weighted by Gasteiger charge is 2.24. The van der Waals surface area contributed by atoms with Crippen LogP contribution in [0.2, 0.25) is 0 Å². The van der Waals surface area contributed by atoms with Gasteiger partial charge in [0.1, 0.15) is 17.6 Å². The first-order valence-corrected chi connectivity index (χ1v) is 9.50. The number of hydrogen-bond acceptors (Lipinski definition) is 5. The number of carbonyl (C=O) groups is 1. The van der Waals surface area contributed by atoms with Crippen LogP contribution in [-0.4, -0.2) is 48.6 Å². The van der Waals surface area contributed by atoms with Gasteiger partial charge in [-0.05, 0) is 29.2 Å². The van der Waals surface area contributed by atoms with Crippen LogP contribution in [0.25, 0.3) is 0 Å². The molecule has 0 saturated carbocycles. The Bertz CT molecular complexity index is 875. The summed E-state index contributed by atoms with van der Waals surface area (Å²) < 4.78 is 5.87. The summed E-state index contributed by atoms with van der Waals surface area (Å²) in [6, 6.07) is 13.6. The highest BCUT2D eigenvalue weighted by atomic mass is 16.5. The molecule has 0 spiro atoms. The van der Waals surface area contributed by atoms with E-state index in [1.165, 1.54) is 0 Å². The van der Waals surface area contributed by atoms with E-state index >= 15 is 0 Å². The first kappa shape index (κ1) is 19.7. The van der Waals surface area contributed by atoms with Crippen molar-refractivity contribution in [2.45, 2.75) is 26.2 Å². The fourth-order valence-electron chi connectivity index (χ4n) is 3.35. The summed E-state index contributed by atoms with van der Waals surface area (Å²) in [6.45, 7) is 8.89. The van der Waals surface area contributed by atoms with Gasteiger partial charge in [0, 0.05) is 32.4 Å². The topological polar surface area (TPSA) is 69.5 Å². The van der Waals surface area contributed by atoms with E-state index in [1.54, 1.807) is 18.3 Å². The Kier molecular flexibility index (Phi) is 5.84. The molecule has 1 aromatic carbocycles. The number of hydrogen-bond donors (Lipinski definition) is 0. The van der Waals surface area contributed by atoms with Crippen LogP contribution < -0.4 is 9.64 Å². The molecule has 0 radical (unpaired) electrons. The van der Waals surface area contributed by atoms with Gasteiger partial charge >= 0.3 is 0 Å². The molecule has 6 nitrogen and oxygen atoms in total. The average molecular weight is 378 g/mol. The number of para-hydroxylation sites is 1. The van der Waals surface area contributed by atoms with Crippen molar-refractivity contribution in [3.8, 4) is 11.8 Å². The van der Waals surface area contributed by atoms with E-state index in [0.29, 0.717) is 37.6 Å². The van der Waals surface area contributed by atoms with Crippen molar-refractivity contribution in [1.82, 2.24) is 9.88 Å². The molecule has 1 aliphatic rings. The standard InChI is InChI=1S/C22H26N4O2/c1-22(2,3)18-8-4-5-9-19(18)28-16-20(27)25-11-13-26(14-12-25)21-17(15-23)7-6-10-24-21/h4-10H,11-14,16H2,1-3H3. The third-order valence-electron chi connectivity index (χ3n) is 4.89. The molecule has 146 valence electrons. The van der Waals surface area contributed by atoms with Crippen molar-refractivity contribution in [1.29, 1.82) is 5.26 Å². The second-order valence-corrected chi connectivity index (χ2v) is 7.89. The summed E-state index contributed by atoms with van der Waals surface area (Å²) >= 11 is 0. The molecule has 1 aliphatic heterocycles. The number of amides is 1. The maximum Gasteiger partial charge on any atom is 0.260 e. The van der Waals surface area contributed by atoms with E-state index in [4.69, 9.17) is 4.74 Å². The largest absolute Gasteiger partial charge is 0.483 e. The second-order valence-electron chi connectivity index (χ2n) is 7.89. The van der Waals surface area contributed by atoms with Crippen LogP contribution in [0, 0.1) is 11.3 Å². The zero-order chi connectivity index (χ0) is 20.1. The quantitative estimate of drug-likeness (QED) is 0.818. The Morgan fingerprint density at radius 2 is 1.86 bits per heavy atom. The zero-order valence-electron chi connectivity index (χ0n) is 16.7. The van der Waals surface area contributed by atoms with Crippen LogP contribution in [0.5, 0.6) is 5.75 Å². The van der Waals surface area contributed by atoms with Crippen molar-refractivity contribution in [2.75, 3.05) is 37.7 Å². The highest BCUT2D eigenvalue weighted by molar-refractivity contribution is 5.78. The van der Waals surface area contributed by atoms with Crippen LogP contribution in [0.3, 0.4) is 0 Å². The van der Waals surface area contributed by atoms with E-state index in [0.717, 1.165) is 11.3 Å². The lowest BCUT2D eigenvalue weighted by Gasteiger charge is -2.35. The number of carbonyl (C=O) groups excluding carboxylic acids is 1. The number of anilines is 1. The lowest BCUT2D eigenvalue weighted by atomic mass is 9.86. The van der Waals surface area contributed by atoms with Crippen LogP contribution >= 0.6 is 0 Å². The van der Waals surface area contributed by atoms with E-state index < -0.39 is 0 Å². The fraction of sp³-hybridized carbons (Fsp3) is 0.409. The molecule has 3 rings (SSSR count). The van der Waals surface area contributed by atoms with Crippen LogP contribution in [0.15, 0.2) is 42.6 Å². The van der Waals surface area contributed by atoms with Crippen molar-refractivity contribution < 1.29 is 9.53 Å². The van der Waals surface area contributed by atoms with Gasteiger partial charge in [-0.15, -0.1) is 0 Å². The lowest BCUT2D eigenvalue weighted by molar-refractivity contribution is -0.133. The minimum Gasteiger partial charge on any atom is -0.483 e. The van der Waals surface area contributed by atoms with Gasteiger partial charge in [0.25, 0.3) is 5.91 Å². The third kappa shape index (κ3) is 4.42. The van der Waals surface area contributed by atoms with Gasteiger partial charge in [0.2, 0.25) is 0 Å². The number of nitriles is 1. The van der Waals surface area contributed by atoms with Gasteiger partial charge in [-0.1, -0.05) is 39.0 Å². The molecule has 1 amide bonds. The van der Waals surface area contributed by atoms with Gasteiger partial charge in [-0.2, -0.15) is 5.26 Å². The van der Waals surface area contributed by atoms with Gasteiger partial charge < -0.3 is 14.5 Å². The van der Waals surface area contributed by atoms with Gasteiger partial charge in [-0.25, -0.2) is 4.98 Å². The summed E-state index contributed by atoms with van der Waals surface area (Å²) in [7, 11) is 0. The SMILES string of the molecule is CC(C)(C)c1ccccc1OCC(=O)N1CCN(c2ncccc2C#N)CC1. The molecule has 0 atom stereocenters. The fourth-order valence-corrected chi connectivity index (χ4v) is 3.35. The molecular formula is C22H26N4O2. The number of ether oxygens (including phenoxy) is 1. The molecule has 0 N–H and O–H groups in total. The Labute approximate surface area is 166 Å². The van der Waals surface area contributed by atoms with Crippen molar-refractivity contribution in [2.24, 2.45) is 0 Å². The predicted octanol–water partition coefficient (Wildman–Crippen LogP) is 2.98. The number of benzene rings is 1. The molecule has 1 aromatic heterocycles. The maximum atomic E-state index is 12.6. The Morgan fingerprint density at radius 1 is 1.14 bits per heavy atom. The molecular weight excluding hydrogens is 352 g/mol. The molecule has 2 aromatic rings. The molecule has 1 fully saturated rings. The Balaban J connectivity index is 1.57. The predicted molar refractivity (Wildman–Crippen MR) is 108 cm³/mol. The minimum atomic E-state index is -0.0492. The van der Waals surface area contributed by atoms with Crippen LogP contribution in [0.4, 0.5) is 5.82 Å². The van der Waals surface area contributed by atoms with E-state index in [9.17, 15) is 10.1 Å². The number of nitrogens with zero attached hydrogens (tertiary/aromatic N) is 4. The smallest absolute Gasteiger partial charge is 0.260 e. The van der Waals surface area contributed by atoms with Gasteiger partial charge in [-0.3, -0.25) is 4.79 Å². The number of piperazine rings is 1. The molecule has 0 unspecified atom stereocenters. The molecule has 2 heterocycles. The Morgan fingerprint density at radius 3 is 2.54 bits per heavy atom. The first-order chi connectivity index (χ1) is 13.4. The molecule has 6 heteroatoms. The highest BCUT2D eigenvalue weighted by Crippen LogP contribution is 2.31. The molecule has 1 saturated heterocycles. The van der Waals surface area contributed by atoms with Crippen molar-refractivity contribution >= 4 is 11.7 Å². The van der Waals surface area contributed by atoms with Gasteiger partial charge in [0.05, 0.1) is 5.56 Å². The van der Waals surface area contributed by atoms with Crippen LogP contribution in [-0.2, 0) is 10.2 Å². The Hall–Kier alpha value is -3.07. The van der Waals surface area contributed by atoms with E-state index in [-0.39, 0.29) is 17.9 Å². The zero-order valence-corrected chi connectivity index (χ0v) is 16.7. The van der Waals surface area contributed by atoms with Crippen molar-refractivity contribution in [3.63, 3.8) is 0 Å². The second kappa shape index (κ2) is 8.30. The number of rotatable bonds is 4. The molecule has 0 bridgehead atoms. The monoisotopic (exact) mass is 378 g/mol. The summed E-state index contributed by atoms with van der Waals surface area (Å²) in [5.41, 5.74) is 1.60. The summed E-state index contributed by atoms with van der Waals surface area (Å²) in [4.78, 5) is 20.8. The summed E-state index contributed by atoms with van der Waals surface area (Å²) in [5, 5.41) is 9.25. The normalized spacial score (nSPS) is 14.5. The lowest BCUT2D eigenvalue weighted by Crippen LogP contribution is -2.50.